The molecule has 10 rings (SSSR count). The molecule has 0 saturated carbocycles. The Kier molecular flexibility index (Phi) is 8.40. The second kappa shape index (κ2) is 14.1. The fraction of sp³-hybridized carbons (Fsp3) is 0. The van der Waals surface area contributed by atoms with Crippen molar-refractivity contribution in [2.24, 2.45) is 0 Å². The van der Waals surface area contributed by atoms with E-state index in [2.05, 4.69) is 228 Å². The molecule has 0 atom stereocenters. The maximum Gasteiger partial charge on any atom is 0.0661 e. The van der Waals surface area contributed by atoms with Crippen LogP contribution >= 0.6 is 11.3 Å². The van der Waals surface area contributed by atoms with Crippen LogP contribution in [0.2, 0.25) is 0 Å². The molecule has 1 heterocycles. The highest BCUT2D eigenvalue weighted by molar-refractivity contribution is 7.26. The van der Waals surface area contributed by atoms with Crippen LogP contribution in [0.25, 0.3) is 53.2 Å². The molecule has 0 fully saturated rings. The van der Waals surface area contributed by atoms with Crippen LogP contribution in [0.15, 0.2) is 218 Å². The summed E-state index contributed by atoms with van der Waals surface area (Å²) in [5, 5.41) is 4.99. The van der Waals surface area contributed by atoms with E-state index in [1.165, 1.54) is 53.2 Å². The van der Waals surface area contributed by atoms with Gasteiger partial charge < -0.3 is 9.80 Å². The summed E-state index contributed by atoms with van der Waals surface area (Å²) in [4.78, 5) is 4.85. The zero-order valence-electron chi connectivity index (χ0n) is 30.1. The number of hydrogen-bond donors (Lipinski definition) is 0. The van der Waals surface area contributed by atoms with Crippen molar-refractivity contribution in [1.82, 2.24) is 0 Å². The summed E-state index contributed by atoms with van der Waals surface area (Å²) in [7, 11) is 0. The van der Waals surface area contributed by atoms with Crippen molar-refractivity contribution < 1.29 is 0 Å². The molecule has 0 N–H and O–H groups in total. The van der Waals surface area contributed by atoms with Crippen LogP contribution in [-0.2, 0) is 0 Å². The van der Waals surface area contributed by atoms with E-state index in [0.29, 0.717) is 0 Å². The number of para-hydroxylation sites is 2. The summed E-state index contributed by atoms with van der Waals surface area (Å²) < 4.78 is 2.52. The second-order valence-electron chi connectivity index (χ2n) is 13.8. The van der Waals surface area contributed by atoms with Crippen LogP contribution in [0.3, 0.4) is 0 Å². The molecular weight excluding hydrogens is 685 g/mol. The maximum atomic E-state index is 2.44. The minimum Gasteiger partial charge on any atom is -0.310 e. The third-order valence-corrected chi connectivity index (χ3v) is 11.5. The molecule has 1 aromatic heterocycles. The number of anilines is 6. The average molecular weight is 721 g/mol. The lowest BCUT2D eigenvalue weighted by molar-refractivity contribution is 1.26. The van der Waals surface area contributed by atoms with Gasteiger partial charge in [-0.25, -0.2) is 0 Å². The lowest BCUT2D eigenvalue weighted by Crippen LogP contribution is -2.13. The molecule has 55 heavy (non-hydrogen) atoms. The fourth-order valence-corrected chi connectivity index (χ4v) is 8.98. The monoisotopic (exact) mass is 720 g/mol. The molecular formula is C52H36N2S. The first-order chi connectivity index (χ1) is 27.3. The van der Waals surface area contributed by atoms with Gasteiger partial charge in [-0.3, -0.25) is 0 Å². The quantitative estimate of drug-likeness (QED) is 0.154. The number of benzene rings is 9. The van der Waals surface area contributed by atoms with Crippen molar-refractivity contribution in [3.05, 3.63) is 218 Å². The smallest absolute Gasteiger partial charge is 0.0661 e. The molecule has 0 amide bonds. The van der Waals surface area contributed by atoms with Crippen molar-refractivity contribution >= 4 is 76.4 Å². The Morgan fingerprint density at radius 3 is 1.33 bits per heavy atom. The molecule has 10 aromatic rings. The minimum absolute atomic E-state index is 1.09. The maximum absolute atomic E-state index is 2.44. The molecule has 0 spiro atoms. The van der Waals surface area contributed by atoms with Gasteiger partial charge in [0.2, 0.25) is 0 Å². The normalized spacial score (nSPS) is 11.3. The van der Waals surface area contributed by atoms with Crippen LogP contribution in [0.1, 0.15) is 0 Å². The standard InChI is InChI=1S/C52H36N2S/c1-5-17-37(18-6-1)39-23-15-29-45(31-39)53(43-25-9-3-10-26-43)47-35-49-48-33-41-21-13-14-22-42(41)34-51(48)55-52(49)50(36-47)54(44-27-11-4-12-28-44)46-30-16-24-40(32-46)38-19-7-2-8-20-38/h1-36H. The van der Waals surface area contributed by atoms with Crippen LogP contribution in [-0.4, -0.2) is 0 Å². The summed E-state index contributed by atoms with van der Waals surface area (Å²) >= 11 is 1.87. The molecule has 0 saturated heterocycles. The van der Waals surface area contributed by atoms with Crippen LogP contribution < -0.4 is 9.80 Å². The molecule has 0 bridgehead atoms. The number of nitrogens with zero attached hydrogens (tertiary/aromatic N) is 2. The third kappa shape index (κ3) is 6.21. The first kappa shape index (κ1) is 32.7. The summed E-state index contributed by atoms with van der Waals surface area (Å²) in [6.07, 6.45) is 0. The molecule has 0 radical (unpaired) electrons. The summed E-state index contributed by atoms with van der Waals surface area (Å²) in [5.41, 5.74) is 11.4. The third-order valence-electron chi connectivity index (χ3n) is 10.4. The highest BCUT2D eigenvalue weighted by Gasteiger charge is 2.23. The molecule has 0 aliphatic carbocycles. The Balaban J connectivity index is 1.27. The van der Waals surface area contributed by atoms with E-state index < -0.39 is 0 Å². The molecule has 9 aromatic carbocycles. The highest BCUT2D eigenvalue weighted by Crippen LogP contribution is 2.50. The van der Waals surface area contributed by atoms with Gasteiger partial charge in [-0.1, -0.05) is 146 Å². The van der Waals surface area contributed by atoms with E-state index in [4.69, 9.17) is 0 Å². The molecule has 260 valence electrons. The predicted octanol–water partition coefficient (Wildman–Crippen LogP) is 15.5. The Hall–Kier alpha value is -6.94. The number of hydrogen-bond acceptors (Lipinski definition) is 3. The lowest BCUT2D eigenvalue weighted by Gasteiger charge is -2.30. The van der Waals surface area contributed by atoms with Crippen LogP contribution in [0, 0.1) is 0 Å². The fourth-order valence-electron chi connectivity index (χ4n) is 7.76. The molecule has 2 nitrogen and oxygen atoms in total. The highest BCUT2D eigenvalue weighted by atomic mass is 32.1. The van der Waals surface area contributed by atoms with Crippen LogP contribution in [0.4, 0.5) is 34.1 Å². The van der Waals surface area contributed by atoms with E-state index >= 15 is 0 Å². The van der Waals surface area contributed by atoms with Crippen molar-refractivity contribution in [3.8, 4) is 22.3 Å². The van der Waals surface area contributed by atoms with E-state index in [0.717, 1.165) is 34.1 Å². The number of thiophene rings is 1. The summed E-state index contributed by atoms with van der Waals surface area (Å²) in [6, 6.07) is 78.9. The Morgan fingerprint density at radius 1 is 0.291 bits per heavy atom. The van der Waals surface area contributed by atoms with Gasteiger partial charge in [0, 0.05) is 43.9 Å². The van der Waals surface area contributed by atoms with Gasteiger partial charge in [0.1, 0.15) is 0 Å². The van der Waals surface area contributed by atoms with E-state index in [1.54, 1.807) is 0 Å². The first-order valence-corrected chi connectivity index (χ1v) is 19.5. The predicted molar refractivity (Wildman–Crippen MR) is 237 cm³/mol. The molecule has 0 aliphatic rings. The Morgan fingerprint density at radius 2 is 0.745 bits per heavy atom. The van der Waals surface area contributed by atoms with Gasteiger partial charge in [-0.05, 0) is 106 Å². The van der Waals surface area contributed by atoms with E-state index in [9.17, 15) is 0 Å². The van der Waals surface area contributed by atoms with Crippen molar-refractivity contribution in [3.63, 3.8) is 0 Å². The largest absolute Gasteiger partial charge is 0.310 e. The molecule has 3 heteroatoms. The SMILES string of the molecule is c1ccc(-c2cccc(N(c3ccccc3)c3cc(N(c4ccccc4)c4cccc(-c5ccccc5)c4)c4sc5cc6ccccc6cc5c4c3)c2)cc1. The van der Waals surface area contributed by atoms with Crippen molar-refractivity contribution in [2.75, 3.05) is 9.80 Å². The number of rotatable bonds is 8. The zero-order chi connectivity index (χ0) is 36.6. The van der Waals surface area contributed by atoms with Crippen molar-refractivity contribution in [1.29, 1.82) is 0 Å². The van der Waals surface area contributed by atoms with Gasteiger partial charge in [0.15, 0.2) is 0 Å². The first-order valence-electron chi connectivity index (χ1n) is 18.7. The van der Waals surface area contributed by atoms with Gasteiger partial charge in [0.25, 0.3) is 0 Å². The van der Waals surface area contributed by atoms with Crippen LogP contribution in [0.5, 0.6) is 0 Å². The van der Waals surface area contributed by atoms with Gasteiger partial charge in [0.05, 0.1) is 10.4 Å². The van der Waals surface area contributed by atoms with Crippen molar-refractivity contribution in [2.45, 2.75) is 0 Å². The second-order valence-corrected chi connectivity index (χ2v) is 14.9. The van der Waals surface area contributed by atoms with Gasteiger partial charge in [-0.2, -0.15) is 0 Å². The van der Waals surface area contributed by atoms with E-state index in [1.807, 2.05) is 11.3 Å². The topological polar surface area (TPSA) is 6.48 Å². The average Bonchev–Trinajstić information content (AvgIpc) is 3.62. The summed E-state index contributed by atoms with van der Waals surface area (Å²) in [6.45, 7) is 0. The minimum atomic E-state index is 1.09. The van der Waals surface area contributed by atoms with Gasteiger partial charge >= 0.3 is 0 Å². The summed E-state index contributed by atoms with van der Waals surface area (Å²) in [5.74, 6) is 0. The Bertz CT molecular complexity index is 2920. The van der Waals surface area contributed by atoms with Gasteiger partial charge in [-0.15, -0.1) is 11.3 Å². The van der Waals surface area contributed by atoms with E-state index in [-0.39, 0.29) is 0 Å². The molecule has 0 aliphatic heterocycles. The zero-order valence-corrected chi connectivity index (χ0v) is 30.9. The Labute approximate surface area is 325 Å². The lowest BCUT2D eigenvalue weighted by atomic mass is 10.0. The molecule has 0 unspecified atom stereocenters. The number of fused-ring (bicyclic) bond motifs is 4.